The fourth-order valence-electron chi connectivity index (χ4n) is 1.17. The molecule has 1 heterocycles. The van der Waals surface area contributed by atoms with Crippen molar-refractivity contribution in [2.24, 2.45) is 0 Å². The van der Waals surface area contributed by atoms with Crippen LogP contribution in [-0.2, 0) is 4.79 Å². The Balaban J connectivity index is 2.07. The topological polar surface area (TPSA) is 63.1 Å². The number of nitrogens with zero attached hydrogens (tertiary/aromatic N) is 2. The molecule has 0 bridgehead atoms. The van der Waals surface area contributed by atoms with Crippen molar-refractivity contribution < 1.29 is 9.90 Å². The molecular weight excluding hydrogens is 224 g/mol. The molecule has 0 radical (unpaired) electrons. The summed E-state index contributed by atoms with van der Waals surface area (Å²) in [7, 11) is 0. The second-order valence-corrected chi connectivity index (χ2v) is 4.66. The van der Waals surface area contributed by atoms with Crippen molar-refractivity contribution in [3.8, 4) is 0 Å². The van der Waals surface area contributed by atoms with Gasteiger partial charge in [-0.2, -0.15) is 0 Å². The highest BCUT2D eigenvalue weighted by Crippen LogP contribution is 2.14. The van der Waals surface area contributed by atoms with E-state index in [1.807, 2.05) is 6.92 Å². The zero-order valence-corrected chi connectivity index (χ0v) is 10.2. The number of carboxylic acid groups (broad SMARTS) is 1. The highest BCUT2D eigenvalue weighted by Gasteiger charge is 1.99. The van der Waals surface area contributed by atoms with Crippen LogP contribution in [0.2, 0.25) is 0 Å². The van der Waals surface area contributed by atoms with E-state index in [9.17, 15) is 4.79 Å². The third-order valence-corrected chi connectivity index (χ3v) is 2.99. The van der Waals surface area contributed by atoms with Crippen molar-refractivity contribution in [3.63, 3.8) is 0 Å². The maximum Gasteiger partial charge on any atom is 0.303 e. The quantitative estimate of drug-likeness (QED) is 0.451. The first-order valence-corrected chi connectivity index (χ1v) is 6.30. The van der Waals surface area contributed by atoms with Crippen LogP contribution in [0.1, 0.15) is 31.2 Å². The third-order valence-electron chi connectivity index (χ3n) is 2.02. The molecule has 1 rings (SSSR count). The van der Waals surface area contributed by atoms with E-state index in [0.717, 1.165) is 35.7 Å². The van der Waals surface area contributed by atoms with Crippen molar-refractivity contribution in [1.29, 1.82) is 0 Å². The van der Waals surface area contributed by atoms with Gasteiger partial charge in [0.1, 0.15) is 0 Å². The minimum atomic E-state index is -0.713. The van der Waals surface area contributed by atoms with Crippen LogP contribution in [0.4, 0.5) is 0 Å². The Morgan fingerprint density at radius 1 is 1.31 bits per heavy atom. The fourth-order valence-corrected chi connectivity index (χ4v) is 1.96. The first-order valence-electron chi connectivity index (χ1n) is 5.32. The van der Waals surface area contributed by atoms with Gasteiger partial charge in [-0.15, -0.1) is 0 Å². The number of aryl methyl sites for hydroxylation is 1. The van der Waals surface area contributed by atoms with E-state index in [4.69, 9.17) is 5.11 Å². The molecule has 1 aromatic rings. The van der Waals surface area contributed by atoms with Crippen LogP contribution in [-0.4, -0.2) is 26.8 Å². The number of aliphatic carboxylic acids is 1. The Kier molecular flexibility index (Phi) is 5.85. The van der Waals surface area contributed by atoms with Gasteiger partial charge in [0, 0.05) is 24.6 Å². The summed E-state index contributed by atoms with van der Waals surface area (Å²) in [6.45, 7) is 1.96. The van der Waals surface area contributed by atoms with Crippen LogP contribution in [0.15, 0.2) is 17.6 Å². The summed E-state index contributed by atoms with van der Waals surface area (Å²) in [5.74, 6) is 0.234. The lowest BCUT2D eigenvalue weighted by Gasteiger charge is -2.00. The van der Waals surface area contributed by atoms with Crippen LogP contribution in [0.5, 0.6) is 0 Å². The summed E-state index contributed by atoms with van der Waals surface area (Å²) in [5.41, 5.74) is 1.06. The molecule has 4 nitrogen and oxygen atoms in total. The van der Waals surface area contributed by atoms with E-state index < -0.39 is 5.97 Å². The summed E-state index contributed by atoms with van der Waals surface area (Å²) >= 11 is 1.62. The zero-order valence-electron chi connectivity index (χ0n) is 9.35. The van der Waals surface area contributed by atoms with Crippen LogP contribution in [0.3, 0.4) is 0 Å². The fraction of sp³-hybridized carbons (Fsp3) is 0.545. The molecule has 0 aromatic carbocycles. The van der Waals surface area contributed by atoms with Gasteiger partial charge in [-0.05, 0) is 25.3 Å². The highest BCUT2D eigenvalue weighted by molar-refractivity contribution is 7.99. The Hall–Kier alpha value is -1.10. The molecule has 16 heavy (non-hydrogen) atoms. The Labute approximate surface area is 99.5 Å². The zero-order chi connectivity index (χ0) is 11.8. The van der Waals surface area contributed by atoms with Crippen molar-refractivity contribution in [3.05, 3.63) is 18.0 Å². The molecule has 0 aliphatic rings. The van der Waals surface area contributed by atoms with Gasteiger partial charge in [-0.1, -0.05) is 18.2 Å². The summed E-state index contributed by atoms with van der Waals surface area (Å²) in [6.07, 6.45) is 6.59. The average Bonchev–Trinajstić information content (AvgIpc) is 2.25. The maximum absolute atomic E-state index is 10.3. The van der Waals surface area contributed by atoms with Gasteiger partial charge in [-0.25, -0.2) is 9.97 Å². The predicted octanol–water partition coefficient (Wildman–Crippen LogP) is 2.52. The maximum atomic E-state index is 10.3. The van der Waals surface area contributed by atoms with Crippen LogP contribution in [0.25, 0.3) is 0 Å². The minimum absolute atomic E-state index is 0.270. The van der Waals surface area contributed by atoms with Gasteiger partial charge >= 0.3 is 5.97 Å². The molecule has 0 spiro atoms. The monoisotopic (exact) mass is 240 g/mol. The van der Waals surface area contributed by atoms with Gasteiger partial charge in [0.05, 0.1) is 0 Å². The first-order chi connectivity index (χ1) is 7.68. The molecule has 0 aliphatic heterocycles. The van der Waals surface area contributed by atoms with E-state index in [2.05, 4.69) is 9.97 Å². The molecule has 0 saturated heterocycles. The van der Waals surface area contributed by atoms with Crippen LogP contribution in [0, 0.1) is 6.92 Å². The lowest BCUT2D eigenvalue weighted by Crippen LogP contribution is -1.94. The molecule has 5 heteroatoms. The van der Waals surface area contributed by atoms with Gasteiger partial charge < -0.3 is 5.11 Å². The Bertz CT molecular complexity index is 327. The number of hydrogen-bond acceptors (Lipinski definition) is 4. The van der Waals surface area contributed by atoms with E-state index in [1.54, 1.807) is 24.2 Å². The van der Waals surface area contributed by atoms with Gasteiger partial charge in [-0.3, -0.25) is 4.79 Å². The molecule has 1 N–H and O–H groups in total. The van der Waals surface area contributed by atoms with Crippen LogP contribution >= 0.6 is 11.8 Å². The number of hydrogen-bond donors (Lipinski definition) is 1. The minimum Gasteiger partial charge on any atom is -0.481 e. The Morgan fingerprint density at radius 2 is 2.00 bits per heavy atom. The molecular formula is C11H16N2O2S. The molecule has 88 valence electrons. The predicted molar refractivity (Wildman–Crippen MR) is 63.6 cm³/mol. The number of rotatable bonds is 7. The lowest BCUT2D eigenvalue weighted by atomic mass is 10.2. The molecule has 0 fully saturated rings. The average molecular weight is 240 g/mol. The second-order valence-electron chi connectivity index (χ2n) is 3.60. The van der Waals surface area contributed by atoms with Crippen molar-refractivity contribution in [2.75, 3.05) is 5.75 Å². The molecule has 0 amide bonds. The Morgan fingerprint density at radius 3 is 2.62 bits per heavy atom. The molecule has 0 atom stereocenters. The highest BCUT2D eigenvalue weighted by atomic mass is 32.2. The van der Waals surface area contributed by atoms with E-state index in [1.165, 1.54) is 0 Å². The number of thioether (sulfide) groups is 1. The van der Waals surface area contributed by atoms with Crippen molar-refractivity contribution in [2.45, 2.75) is 37.8 Å². The van der Waals surface area contributed by atoms with Crippen molar-refractivity contribution in [1.82, 2.24) is 9.97 Å². The van der Waals surface area contributed by atoms with Crippen molar-refractivity contribution >= 4 is 17.7 Å². The largest absolute Gasteiger partial charge is 0.481 e. The van der Waals surface area contributed by atoms with Gasteiger partial charge in [0.2, 0.25) is 0 Å². The summed E-state index contributed by atoms with van der Waals surface area (Å²) in [6, 6.07) is 0. The molecule has 0 aliphatic carbocycles. The summed E-state index contributed by atoms with van der Waals surface area (Å²) < 4.78 is 0. The SMILES string of the molecule is Cc1cnc(SCCCCCC(=O)O)nc1. The molecule has 0 unspecified atom stereocenters. The second kappa shape index (κ2) is 7.22. The smallest absolute Gasteiger partial charge is 0.303 e. The summed E-state index contributed by atoms with van der Waals surface area (Å²) in [5, 5.41) is 9.24. The van der Waals surface area contributed by atoms with E-state index in [-0.39, 0.29) is 6.42 Å². The number of carbonyl (C=O) groups is 1. The number of aromatic nitrogens is 2. The summed E-state index contributed by atoms with van der Waals surface area (Å²) in [4.78, 5) is 18.6. The standard InChI is InChI=1S/C11H16N2O2S/c1-9-7-12-11(13-8-9)16-6-4-2-3-5-10(14)15/h7-8H,2-6H2,1H3,(H,14,15). The normalized spacial score (nSPS) is 10.3. The van der Waals surface area contributed by atoms with Gasteiger partial charge in [0.25, 0.3) is 0 Å². The number of carboxylic acids is 1. The molecule has 1 aromatic heterocycles. The van der Waals surface area contributed by atoms with Crippen LogP contribution < -0.4 is 0 Å². The number of unbranched alkanes of at least 4 members (excludes halogenated alkanes) is 2. The first kappa shape index (κ1) is 13.0. The lowest BCUT2D eigenvalue weighted by molar-refractivity contribution is -0.137. The van der Waals surface area contributed by atoms with E-state index >= 15 is 0 Å². The molecule has 0 saturated carbocycles. The third kappa shape index (κ3) is 5.70. The van der Waals surface area contributed by atoms with Gasteiger partial charge in [0.15, 0.2) is 5.16 Å². The van der Waals surface area contributed by atoms with E-state index in [0.29, 0.717) is 0 Å².